The molecule has 0 aliphatic carbocycles. The van der Waals surface area contributed by atoms with Crippen molar-refractivity contribution in [1.82, 2.24) is 4.57 Å². The molecule has 1 heterocycles. The zero-order valence-electron chi connectivity index (χ0n) is 14.3. The van der Waals surface area contributed by atoms with Gasteiger partial charge in [0.2, 0.25) is 5.91 Å². The van der Waals surface area contributed by atoms with E-state index >= 15 is 0 Å². The first-order valence-electron chi connectivity index (χ1n) is 8.47. The van der Waals surface area contributed by atoms with E-state index in [1.807, 2.05) is 66.7 Å². The first-order valence-corrected chi connectivity index (χ1v) is 8.47. The minimum atomic E-state index is -0.0869. The second-order valence-electron chi connectivity index (χ2n) is 6.21. The average Bonchev–Trinajstić information content (AvgIpc) is 3.00. The van der Waals surface area contributed by atoms with E-state index in [-0.39, 0.29) is 11.7 Å². The summed E-state index contributed by atoms with van der Waals surface area (Å²) in [6, 6.07) is 23.0. The molecule has 0 spiro atoms. The molecule has 1 aromatic heterocycles. The topological polar surface area (TPSA) is 39.1 Å². The highest BCUT2D eigenvalue weighted by atomic mass is 16.1. The summed E-state index contributed by atoms with van der Waals surface area (Å²) in [6.45, 7) is 1.54. The number of aromatic nitrogens is 1. The summed E-state index contributed by atoms with van der Waals surface area (Å²) in [5, 5.41) is 1.98. The maximum Gasteiger partial charge on any atom is 0.228 e. The number of hydrogen-bond acceptors (Lipinski definition) is 2. The van der Waals surface area contributed by atoms with Crippen LogP contribution in [0.5, 0.6) is 0 Å². The van der Waals surface area contributed by atoms with Gasteiger partial charge in [0.15, 0.2) is 5.78 Å². The minimum absolute atomic E-state index is 0.0689. The third-order valence-electron chi connectivity index (χ3n) is 4.50. The molecule has 0 aliphatic rings. The molecular weight excluding hydrogens is 322 g/mol. The molecule has 0 bridgehead atoms. The van der Waals surface area contributed by atoms with Crippen molar-refractivity contribution >= 4 is 39.6 Å². The van der Waals surface area contributed by atoms with Gasteiger partial charge >= 0.3 is 0 Å². The molecular formula is C23H17NO2. The predicted octanol–water partition coefficient (Wildman–Crippen LogP) is 5.35. The first kappa shape index (κ1) is 16.0. The van der Waals surface area contributed by atoms with Crippen LogP contribution < -0.4 is 0 Å². The summed E-state index contributed by atoms with van der Waals surface area (Å²) in [6.07, 6.45) is 3.37. The van der Waals surface area contributed by atoms with E-state index in [9.17, 15) is 9.59 Å². The molecule has 126 valence electrons. The smallest absolute Gasteiger partial charge is 0.228 e. The summed E-state index contributed by atoms with van der Waals surface area (Å²) in [7, 11) is 0. The molecule has 0 amide bonds. The Bertz CT molecular complexity index is 1170. The van der Waals surface area contributed by atoms with Crippen LogP contribution >= 0.6 is 0 Å². The molecule has 0 saturated carbocycles. The Hall–Kier alpha value is -3.46. The molecule has 0 saturated heterocycles. The second kappa shape index (κ2) is 6.45. The fourth-order valence-corrected chi connectivity index (χ4v) is 3.30. The van der Waals surface area contributed by atoms with Gasteiger partial charge in [-0.05, 0) is 23.8 Å². The predicted molar refractivity (Wildman–Crippen MR) is 106 cm³/mol. The van der Waals surface area contributed by atoms with Crippen LogP contribution in [0.4, 0.5) is 0 Å². The molecule has 4 aromatic rings. The summed E-state index contributed by atoms with van der Waals surface area (Å²) < 4.78 is 1.67. The van der Waals surface area contributed by atoms with Gasteiger partial charge in [0.05, 0.1) is 11.0 Å². The lowest BCUT2D eigenvalue weighted by atomic mass is 10.1. The highest BCUT2D eigenvalue weighted by Crippen LogP contribution is 2.29. The maximum atomic E-state index is 12.6. The highest BCUT2D eigenvalue weighted by molar-refractivity contribution is 6.16. The molecule has 3 heteroatoms. The molecule has 0 aliphatic heterocycles. The molecule has 0 fully saturated rings. The second-order valence-corrected chi connectivity index (χ2v) is 6.21. The van der Waals surface area contributed by atoms with Crippen LogP contribution in [0, 0.1) is 0 Å². The van der Waals surface area contributed by atoms with E-state index in [1.54, 1.807) is 22.8 Å². The van der Waals surface area contributed by atoms with Crippen molar-refractivity contribution in [3.63, 3.8) is 0 Å². The van der Waals surface area contributed by atoms with Gasteiger partial charge in [-0.15, -0.1) is 0 Å². The molecule has 0 atom stereocenters. The molecule has 3 aromatic carbocycles. The molecule has 3 nitrogen and oxygen atoms in total. The SMILES string of the molecule is CC(=O)n1c2ccccc2c2ccc(C(=O)C=Cc3ccccc3)cc21. The number of fused-ring (bicyclic) bond motifs is 3. The Kier molecular flexibility index (Phi) is 3.98. The third kappa shape index (κ3) is 2.74. The summed E-state index contributed by atoms with van der Waals surface area (Å²) >= 11 is 0. The monoisotopic (exact) mass is 339 g/mol. The van der Waals surface area contributed by atoms with Gasteiger partial charge in [0.1, 0.15) is 0 Å². The van der Waals surface area contributed by atoms with Crippen molar-refractivity contribution in [3.8, 4) is 0 Å². The summed E-state index contributed by atoms with van der Waals surface area (Å²) in [5.74, 6) is -0.156. The Morgan fingerprint density at radius 2 is 1.50 bits per heavy atom. The fraction of sp³-hybridized carbons (Fsp3) is 0.0435. The fourth-order valence-electron chi connectivity index (χ4n) is 3.30. The lowest BCUT2D eigenvalue weighted by molar-refractivity contribution is 0.0945. The largest absolute Gasteiger partial charge is 0.289 e. The molecule has 0 unspecified atom stereocenters. The Labute approximate surface area is 151 Å². The van der Waals surface area contributed by atoms with Gasteiger partial charge < -0.3 is 0 Å². The molecule has 26 heavy (non-hydrogen) atoms. The van der Waals surface area contributed by atoms with Crippen molar-refractivity contribution in [2.24, 2.45) is 0 Å². The van der Waals surface area contributed by atoms with E-state index in [0.29, 0.717) is 5.56 Å². The van der Waals surface area contributed by atoms with Crippen molar-refractivity contribution < 1.29 is 9.59 Å². The lowest BCUT2D eigenvalue weighted by Gasteiger charge is -2.03. The van der Waals surface area contributed by atoms with Gasteiger partial charge in [0, 0.05) is 23.3 Å². The zero-order chi connectivity index (χ0) is 18.1. The number of hydrogen-bond donors (Lipinski definition) is 0. The van der Waals surface area contributed by atoms with Crippen LogP contribution in [0.25, 0.3) is 27.9 Å². The minimum Gasteiger partial charge on any atom is -0.289 e. The Morgan fingerprint density at radius 3 is 2.27 bits per heavy atom. The first-order chi connectivity index (χ1) is 12.6. The molecule has 0 radical (unpaired) electrons. The van der Waals surface area contributed by atoms with Crippen LogP contribution in [0.2, 0.25) is 0 Å². The molecule has 4 rings (SSSR count). The van der Waals surface area contributed by atoms with E-state index in [2.05, 4.69) is 0 Å². The number of rotatable bonds is 3. The number of benzene rings is 3. The number of carbonyl (C=O) groups excluding carboxylic acids is 2. The van der Waals surface area contributed by atoms with Crippen molar-refractivity contribution in [2.45, 2.75) is 6.92 Å². The van der Waals surface area contributed by atoms with Crippen molar-refractivity contribution in [1.29, 1.82) is 0 Å². The number of para-hydroxylation sites is 1. The zero-order valence-corrected chi connectivity index (χ0v) is 14.3. The van der Waals surface area contributed by atoms with Gasteiger partial charge in [-0.2, -0.15) is 0 Å². The van der Waals surface area contributed by atoms with Gasteiger partial charge in [-0.3, -0.25) is 14.2 Å². The Morgan fingerprint density at radius 1 is 0.808 bits per heavy atom. The molecule has 0 N–H and O–H groups in total. The van der Waals surface area contributed by atoms with Crippen LogP contribution in [-0.4, -0.2) is 16.3 Å². The van der Waals surface area contributed by atoms with Gasteiger partial charge in [-0.1, -0.05) is 66.7 Å². The van der Waals surface area contributed by atoms with Crippen molar-refractivity contribution in [2.75, 3.05) is 0 Å². The van der Waals surface area contributed by atoms with Crippen LogP contribution in [-0.2, 0) is 0 Å². The third-order valence-corrected chi connectivity index (χ3v) is 4.50. The number of carbonyl (C=O) groups is 2. The standard InChI is InChI=1S/C23H17NO2/c1-16(25)24-21-10-6-5-9-19(21)20-13-12-18(15-22(20)24)23(26)14-11-17-7-3-2-4-8-17/h2-15H,1H3. The maximum absolute atomic E-state index is 12.6. The normalized spacial score (nSPS) is 11.4. The van der Waals surface area contributed by atoms with Crippen LogP contribution in [0.1, 0.15) is 27.6 Å². The summed E-state index contributed by atoms with van der Waals surface area (Å²) in [5.41, 5.74) is 3.16. The van der Waals surface area contributed by atoms with E-state index in [4.69, 9.17) is 0 Å². The van der Waals surface area contributed by atoms with Crippen LogP contribution in [0.3, 0.4) is 0 Å². The van der Waals surface area contributed by atoms with E-state index in [1.165, 1.54) is 6.92 Å². The number of ketones is 1. The quantitative estimate of drug-likeness (QED) is 0.373. The number of allylic oxidation sites excluding steroid dienone is 1. The average molecular weight is 339 g/mol. The van der Waals surface area contributed by atoms with Gasteiger partial charge in [0.25, 0.3) is 0 Å². The Balaban J connectivity index is 1.81. The van der Waals surface area contributed by atoms with E-state index < -0.39 is 0 Å². The van der Waals surface area contributed by atoms with E-state index in [0.717, 1.165) is 27.4 Å². The highest BCUT2D eigenvalue weighted by Gasteiger charge is 2.14. The lowest BCUT2D eigenvalue weighted by Crippen LogP contribution is -2.05. The van der Waals surface area contributed by atoms with Crippen LogP contribution in [0.15, 0.2) is 78.9 Å². The summed E-state index contributed by atoms with van der Waals surface area (Å²) in [4.78, 5) is 24.8. The number of nitrogens with zero attached hydrogens (tertiary/aromatic N) is 1. The van der Waals surface area contributed by atoms with Gasteiger partial charge in [-0.25, -0.2) is 0 Å². The van der Waals surface area contributed by atoms with Crippen molar-refractivity contribution in [3.05, 3.63) is 90.0 Å².